The van der Waals surface area contributed by atoms with Gasteiger partial charge in [-0.05, 0) is 58.7 Å². The van der Waals surface area contributed by atoms with Crippen molar-refractivity contribution in [2.45, 2.75) is 6.92 Å². The molecular weight excluding hydrogens is 410 g/mol. The summed E-state index contributed by atoms with van der Waals surface area (Å²) >= 11 is 3.37. The molecule has 0 saturated carbocycles. The first-order valence-electron chi connectivity index (χ1n) is 8.58. The fourth-order valence-corrected chi connectivity index (χ4v) is 3.45. The molecule has 0 spiro atoms. The highest BCUT2D eigenvalue weighted by molar-refractivity contribution is 9.10. The van der Waals surface area contributed by atoms with Crippen LogP contribution in [0.15, 0.2) is 57.7 Å². The van der Waals surface area contributed by atoms with E-state index >= 15 is 0 Å². The van der Waals surface area contributed by atoms with Gasteiger partial charge in [0.2, 0.25) is 0 Å². The molecule has 4 heterocycles. The van der Waals surface area contributed by atoms with Gasteiger partial charge in [0.15, 0.2) is 21.9 Å². The topological polar surface area (TPSA) is 60.9 Å². The summed E-state index contributed by atoms with van der Waals surface area (Å²) in [5.74, 6) is 3.00. The van der Waals surface area contributed by atoms with E-state index in [9.17, 15) is 0 Å². The molecule has 1 aromatic carbocycles. The largest absolute Gasteiger partial charge is 0.486 e. The van der Waals surface area contributed by atoms with Gasteiger partial charge in [-0.1, -0.05) is 6.07 Å². The standard InChI is InChI=1S/C20H16BrN3O3/c1-12-2-7-18-23-19(15-5-6-17(21)27-15)20(24(18)11-12)22-13-3-4-14-16(10-13)26-9-8-25-14/h2-7,10-11,22H,8-9H2,1H3. The van der Waals surface area contributed by atoms with Crippen molar-refractivity contribution >= 4 is 33.1 Å². The minimum atomic E-state index is 0.553. The third-order valence-electron chi connectivity index (χ3n) is 4.38. The molecule has 0 bridgehead atoms. The summed E-state index contributed by atoms with van der Waals surface area (Å²) < 4.78 is 19.7. The van der Waals surface area contributed by atoms with Crippen LogP contribution in [0, 0.1) is 6.92 Å². The number of ether oxygens (including phenoxy) is 2. The fraction of sp³-hybridized carbons (Fsp3) is 0.150. The number of fused-ring (bicyclic) bond motifs is 2. The predicted octanol–water partition coefficient (Wildman–Crippen LogP) is 5.18. The molecule has 1 aliphatic heterocycles. The molecule has 5 rings (SSSR count). The molecule has 4 aromatic rings. The van der Waals surface area contributed by atoms with Gasteiger partial charge in [-0.15, -0.1) is 0 Å². The van der Waals surface area contributed by atoms with Crippen molar-refractivity contribution in [2.24, 2.45) is 0 Å². The zero-order valence-electron chi connectivity index (χ0n) is 14.5. The highest BCUT2D eigenvalue weighted by Gasteiger charge is 2.19. The van der Waals surface area contributed by atoms with Crippen molar-refractivity contribution in [3.8, 4) is 23.0 Å². The minimum Gasteiger partial charge on any atom is -0.486 e. The van der Waals surface area contributed by atoms with Crippen molar-refractivity contribution in [1.82, 2.24) is 9.38 Å². The molecule has 6 nitrogen and oxygen atoms in total. The lowest BCUT2D eigenvalue weighted by Crippen LogP contribution is -2.15. The maximum Gasteiger partial charge on any atom is 0.169 e. The van der Waals surface area contributed by atoms with Crippen LogP contribution >= 0.6 is 15.9 Å². The van der Waals surface area contributed by atoms with E-state index in [1.165, 1.54) is 0 Å². The molecule has 3 aromatic heterocycles. The Labute approximate surface area is 163 Å². The summed E-state index contributed by atoms with van der Waals surface area (Å²) in [5.41, 5.74) is 3.59. The first-order chi connectivity index (χ1) is 13.2. The van der Waals surface area contributed by atoms with Gasteiger partial charge in [0.05, 0.1) is 0 Å². The van der Waals surface area contributed by atoms with E-state index in [0.717, 1.165) is 39.9 Å². The van der Waals surface area contributed by atoms with Gasteiger partial charge in [0.1, 0.15) is 30.4 Å². The molecule has 27 heavy (non-hydrogen) atoms. The number of nitrogens with zero attached hydrogens (tertiary/aromatic N) is 2. The van der Waals surface area contributed by atoms with Crippen molar-refractivity contribution in [1.29, 1.82) is 0 Å². The van der Waals surface area contributed by atoms with Gasteiger partial charge in [0.25, 0.3) is 0 Å². The lowest BCUT2D eigenvalue weighted by Gasteiger charge is -2.19. The van der Waals surface area contributed by atoms with Crippen molar-refractivity contribution in [3.05, 3.63) is 58.9 Å². The number of aryl methyl sites for hydroxylation is 1. The van der Waals surface area contributed by atoms with E-state index in [0.29, 0.717) is 23.6 Å². The van der Waals surface area contributed by atoms with Crippen molar-refractivity contribution in [2.75, 3.05) is 18.5 Å². The Kier molecular flexibility index (Phi) is 3.82. The minimum absolute atomic E-state index is 0.553. The highest BCUT2D eigenvalue weighted by atomic mass is 79.9. The van der Waals surface area contributed by atoms with E-state index in [2.05, 4.69) is 28.2 Å². The van der Waals surface area contributed by atoms with Crippen LogP contribution in [0.2, 0.25) is 0 Å². The van der Waals surface area contributed by atoms with E-state index < -0.39 is 0 Å². The number of imidazole rings is 1. The molecule has 136 valence electrons. The number of rotatable bonds is 3. The number of halogens is 1. The van der Waals surface area contributed by atoms with E-state index in [4.69, 9.17) is 18.9 Å². The summed E-state index contributed by atoms with van der Waals surface area (Å²) in [7, 11) is 0. The van der Waals surface area contributed by atoms with Crippen LogP contribution in [0.25, 0.3) is 17.1 Å². The maximum absolute atomic E-state index is 5.75. The molecular formula is C20H16BrN3O3. The number of anilines is 2. The predicted molar refractivity (Wildman–Crippen MR) is 106 cm³/mol. The first-order valence-corrected chi connectivity index (χ1v) is 9.38. The number of furan rings is 1. The molecule has 1 aliphatic rings. The number of aromatic nitrogens is 2. The fourth-order valence-electron chi connectivity index (χ4n) is 3.14. The smallest absolute Gasteiger partial charge is 0.169 e. The molecule has 0 atom stereocenters. The Morgan fingerprint density at radius 2 is 1.89 bits per heavy atom. The molecule has 0 saturated heterocycles. The zero-order chi connectivity index (χ0) is 18.4. The Morgan fingerprint density at radius 3 is 2.70 bits per heavy atom. The molecule has 0 fully saturated rings. The Bertz CT molecular complexity index is 1150. The van der Waals surface area contributed by atoms with Gasteiger partial charge in [-0.3, -0.25) is 4.40 Å². The first kappa shape index (κ1) is 16.3. The third kappa shape index (κ3) is 2.94. The zero-order valence-corrected chi connectivity index (χ0v) is 16.1. The van der Waals surface area contributed by atoms with Crippen LogP contribution < -0.4 is 14.8 Å². The number of nitrogens with one attached hydrogen (secondary N) is 1. The van der Waals surface area contributed by atoms with Crippen molar-refractivity contribution in [3.63, 3.8) is 0 Å². The average Bonchev–Trinajstić information content (AvgIpc) is 3.25. The van der Waals surface area contributed by atoms with E-state index in [1.54, 1.807) is 0 Å². The second kappa shape index (κ2) is 6.35. The summed E-state index contributed by atoms with van der Waals surface area (Å²) in [6, 6.07) is 13.6. The Balaban J connectivity index is 1.63. The van der Waals surface area contributed by atoms with Crippen LogP contribution in [-0.2, 0) is 0 Å². The number of hydrogen-bond acceptors (Lipinski definition) is 5. The van der Waals surface area contributed by atoms with Crippen LogP contribution in [-0.4, -0.2) is 22.6 Å². The lowest BCUT2D eigenvalue weighted by molar-refractivity contribution is 0.171. The van der Waals surface area contributed by atoms with Crippen LogP contribution in [0.4, 0.5) is 11.5 Å². The number of pyridine rings is 1. The lowest BCUT2D eigenvalue weighted by atomic mass is 10.2. The van der Waals surface area contributed by atoms with Gasteiger partial charge in [-0.2, -0.15) is 0 Å². The highest BCUT2D eigenvalue weighted by Crippen LogP contribution is 2.37. The molecule has 0 radical (unpaired) electrons. The van der Waals surface area contributed by atoms with Crippen molar-refractivity contribution < 1.29 is 13.9 Å². The second-order valence-electron chi connectivity index (χ2n) is 6.33. The van der Waals surface area contributed by atoms with Crippen LogP contribution in [0.5, 0.6) is 11.5 Å². The average molecular weight is 426 g/mol. The quantitative estimate of drug-likeness (QED) is 0.489. The Hall–Kier alpha value is -2.93. The molecule has 7 heteroatoms. The maximum atomic E-state index is 5.75. The summed E-state index contributed by atoms with van der Waals surface area (Å²) in [6.07, 6.45) is 2.05. The van der Waals surface area contributed by atoms with Crippen LogP contribution in [0.3, 0.4) is 0 Å². The van der Waals surface area contributed by atoms with E-state index in [-0.39, 0.29) is 0 Å². The second-order valence-corrected chi connectivity index (χ2v) is 7.11. The third-order valence-corrected chi connectivity index (χ3v) is 4.80. The number of benzene rings is 1. The van der Waals surface area contributed by atoms with Gasteiger partial charge < -0.3 is 19.2 Å². The van der Waals surface area contributed by atoms with Gasteiger partial charge in [-0.25, -0.2) is 4.98 Å². The van der Waals surface area contributed by atoms with E-state index in [1.807, 2.05) is 53.1 Å². The normalized spacial score (nSPS) is 13.1. The monoisotopic (exact) mass is 425 g/mol. The Morgan fingerprint density at radius 1 is 1.04 bits per heavy atom. The van der Waals surface area contributed by atoms with Gasteiger partial charge in [0, 0.05) is 18.0 Å². The van der Waals surface area contributed by atoms with Crippen LogP contribution in [0.1, 0.15) is 5.56 Å². The molecule has 0 amide bonds. The molecule has 1 N–H and O–H groups in total. The molecule has 0 unspecified atom stereocenters. The SMILES string of the molecule is Cc1ccc2nc(-c3ccc(Br)o3)c(Nc3ccc4c(c3)OCCO4)n2c1. The van der Waals surface area contributed by atoms with Gasteiger partial charge >= 0.3 is 0 Å². The summed E-state index contributed by atoms with van der Waals surface area (Å²) in [5, 5.41) is 3.47. The number of hydrogen-bond donors (Lipinski definition) is 1. The summed E-state index contributed by atoms with van der Waals surface area (Å²) in [4.78, 5) is 4.75. The molecule has 0 aliphatic carbocycles. The summed E-state index contributed by atoms with van der Waals surface area (Å²) in [6.45, 7) is 3.18.